The van der Waals surface area contributed by atoms with Gasteiger partial charge in [0, 0.05) is 12.1 Å². The van der Waals surface area contributed by atoms with Crippen molar-refractivity contribution in [1.82, 2.24) is 20.0 Å². The maximum atomic E-state index is 13.3. The van der Waals surface area contributed by atoms with Crippen molar-refractivity contribution >= 4 is 40.1 Å². The lowest BCUT2D eigenvalue weighted by Crippen LogP contribution is -2.23. The first-order valence-electron chi connectivity index (χ1n) is 11.2. The Morgan fingerprint density at radius 3 is 2.39 bits per heavy atom. The fourth-order valence-corrected chi connectivity index (χ4v) is 3.90. The molecule has 3 aromatic carbocycles. The number of nitrogen functional groups attached to an aromatic ring is 1. The first-order chi connectivity index (χ1) is 17.6. The molecular formula is C27H24N6O3. The van der Waals surface area contributed by atoms with Crippen LogP contribution in [-0.2, 0) is 6.54 Å². The molecule has 180 valence electrons. The van der Waals surface area contributed by atoms with Gasteiger partial charge >= 0.3 is 0 Å². The lowest BCUT2D eigenvalue weighted by Gasteiger charge is -2.07. The van der Waals surface area contributed by atoms with Gasteiger partial charge in [0.2, 0.25) is 0 Å². The lowest BCUT2D eigenvalue weighted by molar-refractivity contribution is 0.0953. The number of hydrogen-bond donors (Lipinski definition) is 2. The number of rotatable bonds is 7. The standard InChI is InChI=1S/C27H24N6O3/c1-35-19-13-11-17(12-14-19)15-29-27(34)23-24-26(32-21-9-5-4-8-20(21)31-24)33(25(23)28)30-16-18-7-3-6-10-22(18)36-2/h3-14,16H,15,28H2,1-2H3,(H,29,34). The molecule has 0 unspecified atom stereocenters. The topological polar surface area (TPSA) is 117 Å². The van der Waals surface area contributed by atoms with E-state index in [4.69, 9.17) is 25.2 Å². The van der Waals surface area contributed by atoms with Crippen molar-refractivity contribution in [2.75, 3.05) is 20.0 Å². The number of hydrogen-bond acceptors (Lipinski definition) is 7. The van der Waals surface area contributed by atoms with Crippen molar-refractivity contribution in [3.8, 4) is 11.5 Å². The van der Waals surface area contributed by atoms with Gasteiger partial charge in [-0.3, -0.25) is 4.79 Å². The highest BCUT2D eigenvalue weighted by atomic mass is 16.5. The first kappa shape index (κ1) is 22.9. The van der Waals surface area contributed by atoms with Crippen molar-refractivity contribution in [3.63, 3.8) is 0 Å². The van der Waals surface area contributed by atoms with E-state index in [0.29, 0.717) is 34.5 Å². The Kier molecular flexibility index (Phi) is 6.19. The van der Waals surface area contributed by atoms with Crippen molar-refractivity contribution in [2.24, 2.45) is 5.10 Å². The molecule has 1 amide bonds. The van der Waals surface area contributed by atoms with E-state index in [-0.39, 0.29) is 17.3 Å². The summed E-state index contributed by atoms with van der Waals surface area (Å²) in [5.74, 6) is 1.17. The van der Waals surface area contributed by atoms with E-state index in [2.05, 4.69) is 10.4 Å². The molecule has 0 aliphatic heterocycles. The molecule has 0 fully saturated rings. The van der Waals surface area contributed by atoms with Crippen LogP contribution in [0.15, 0.2) is 77.9 Å². The number of methoxy groups -OCH3 is 2. The fraction of sp³-hybridized carbons (Fsp3) is 0.111. The van der Waals surface area contributed by atoms with Crippen molar-refractivity contribution < 1.29 is 14.3 Å². The average Bonchev–Trinajstić information content (AvgIpc) is 3.19. The molecule has 0 aliphatic rings. The van der Waals surface area contributed by atoms with E-state index in [1.165, 1.54) is 4.68 Å². The normalized spacial score (nSPS) is 11.3. The molecule has 0 saturated carbocycles. The molecule has 0 radical (unpaired) electrons. The second-order valence-corrected chi connectivity index (χ2v) is 7.97. The predicted octanol–water partition coefficient (Wildman–Crippen LogP) is 4.00. The number of aromatic nitrogens is 3. The summed E-state index contributed by atoms with van der Waals surface area (Å²) in [5, 5.41) is 7.48. The van der Waals surface area contributed by atoms with Gasteiger partial charge in [-0.05, 0) is 42.0 Å². The van der Waals surface area contributed by atoms with E-state index >= 15 is 0 Å². The molecule has 2 heterocycles. The molecule has 0 spiro atoms. The molecule has 3 N–H and O–H groups in total. The molecule has 36 heavy (non-hydrogen) atoms. The van der Waals surface area contributed by atoms with Crippen molar-refractivity contribution in [2.45, 2.75) is 6.54 Å². The molecule has 9 nitrogen and oxygen atoms in total. The Morgan fingerprint density at radius 1 is 0.972 bits per heavy atom. The third-order valence-corrected chi connectivity index (χ3v) is 5.76. The van der Waals surface area contributed by atoms with Crippen LogP contribution in [-0.4, -0.2) is 41.0 Å². The SMILES string of the molecule is COc1ccc(CNC(=O)c2c(N)n(N=Cc3ccccc3OC)c3nc4ccccc4nc23)cc1. The van der Waals surface area contributed by atoms with Crippen LogP contribution in [0.4, 0.5) is 5.82 Å². The Balaban J connectivity index is 1.56. The molecule has 0 bridgehead atoms. The van der Waals surface area contributed by atoms with Gasteiger partial charge in [0.25, 0.3) is 5.91 Å². The molecule has 0 saturated heterocycles. The number of para-hydroxylation sites is 3. The number of nitrogens with zero attached hydrogens (tertiary/aromatic N) is 4. The summed E-state index contributed by atoms with van der Waals surface area (Å²) in [6.07, 6.45) is 1.62. The summed E-state index contributed by atoms with van der Waals surface area (Å²) >= 11 is 0. The number of ether oxygens (including phenoxy) is 2. The number of amides is 1. The third kappa shape index (κ3) is 4.29. The summed E-state index contributed by atoms with van der Waals surface area (Å²) in [6, 6.07) is 22.3. The second kappa shape index (κ2) is 9.75. The Hall–Kier alpha value is -4.92. The summed E-state index contributed by atoms with van der Waals surface area (Å²) in [4.78, 5) is 22.8. The summed E-state index contributed by atoms with van der Waals surface area (Å²) in [7, 11) is 3.20. The zero-order valence-corrected chi connectivity index (χ0v) is 19.8. The number of benzene rings is 3. The zero-order valence-electron chi connectivity index (χ0n) is 19.8. The maximum Gasteiger partial charge on any atom is 0.257 e. The van der Waals surface area contributed by atoms with Crippen LogP contribution < -0.4 is 20.5 Å². The number of nitrogens with two attached hydrogens (primary N) is 1. The summed E-state index contributed by atoms with van der Waals surface area (Å²) in [6.45, 7) is 0.306. The lowest BCUT2D eigenvalue weighted by atomic mass is 10.2. The molecule has 2 aromatic heterocycles. The monoisotopic (exact) mass is 480 g/mol. The fourth-order valence-electron chi connectivity index (χ4n) is 3.90. The Morgan fingerprint density at radius 2 is 1.67 bits per heavy atom. The quantitative estimate of drug-likeness (QED) is 0.340. The predicted molar refractivity (Wildman–Crippen MR) is 140 cm³/mol. The zero-order chi connectivity index (χ0) is 25.1. The van der Waals surface area contributed by atoms with Gasteiger partial charge in [0.1, 0.15) is 28.4 Å². The van der Waals surface area contributed by atoms with Gasteiger partial charge in [-0.15, -0.1) is 0 Å². The van der Waals surface area contributed by atoms with Gasteiger partial charge < -0.3 is 20.5 Å². The van der Waals surface area contributed by atoms with Gasteiger partial charge in [-0.1, -0.05) is 36.4 Å². The van der Waals surface area contributed by atoms with E-state index in [1.54, 1.807) is 20.4 Å². The molecule has 5 aromatic rings. The van der Waals surface area contributed by atoms with E-state index in [1.807, 2.05) is 72.8 Å². The van der Waals surface area contributed by atoms with Crippen LogP contribution >= 0.6 is 0 Å². The summed E-state index contributed by atoms with van der Waals surface area (Å²) in [5.41, 5.74) is 10.4. The highest BCUT2D eigenvalue weighted by Crippen LogP contribution is 2.28. The maximum absolute atomic E-state index is 13.3. The molecule has 0 aliphatic carbocycles. The van der Waals surface area contributed by atoms with Crippen molar-refractivity contribution in [3.05, 3.63) is 89.5 Å². The first-order valence-corrected chi connectivity index (χ1v) is 11.2. The second-order valence-electron chi connectivity index (χ2n) is 7.97. The van der Waals surface area contributed by atoms with Gasteiger partial charge in [-0.25, -0.2) is 9.97 Å². The van der Waals surface area contributed by atoms with Crippen LogP contribution in [0.3, 0.4) is 0 Å². The highest BCUT2D eigenvalue weighted by molar-refractivity contribution is 6.10. The minimum absolute atomic E-state index is 0.138. The number of nitrogens with one attached hydrogen (secondary N) is 1. The molecular weight excluding hydrogens is 456 g/mol. The van der Waals surface area contributed by atoms with Crippen LogP contribution in [0.1, 0.15) is 21.5 Å². The number of carbonyl (C=O) groups excluding carboxylic acids is 1. The molecule has 5 rings (SSSR count). The third-order valence-electron chi connectivity index (χ3n) is 5.76. The van der Waals surface area contributed by atoms with Gasteiger partial charge in [0.05, 0.1) is 31.5 Å². The largest absolute Gasteiger partial charge is 0.497 e. The number of fused-ring (bicyclic) bond motifs is 2. The Bertz CT molecular complexity index is 1590. The highest BCUT2D eigenvalue weighted by Gasteiger charge is 2.24. The summed E-state index contributed by atoms with van der Waals surface area (Å²) < 4.78 is 12.0. The molecule has 0 atom stereocenters. The number of carbonyl (C=O) groups is 1. The van der Waals surface area contributed by atoms with E-state index in [0.717, 1.165) is 16.9 Å². The van der Waals surface area contributed by atoms with Crippen molar-refractivity contribution in [1.29, 1.82) is 0 Å². The minimum Gasteiger partial charge on any atom is -0.497 e. The number of anilines is 1. The molecule has 9 heteroatoms. The van der Waals surface area contributed by atoms with Crippen LogP contribution in [0.25, 0.3) is 22.2 Å². The van der Waals surface area contributed by atoms with E-state index in [9.17, 15) is 4.79 Å². The van der Waals surface area contributed by atoms with Crippen LogP contribution in [0.5, 0.6) is 11.5 Å². The minimum atomic E-state index is -0.371. The average molecular weight is 481 g/mol. The van der Waals surface area contributed by atoms with Gasteiger partial charge in [-0.2, -0.15) is 9.78 Å². The Labute approximate surface area is 207 Å². The van der Waals surface area contributed by atoms with Gasteiger partial charge in [0.15, 0.2) is 5.65 Å². The van der Waals surface area contributed by atoms with Crippen LogP contribution in [0.2, 0.25) is 0 Å². The van der Waals surface area contributed by atoms with Crippen LogP contribution in [0, 0.1) is 0 Å². The van der Waals surface area contributed by atoms with E-state index < -0.39 is 0 Å². The smallest absolute Gasteiger partial charge is 0.257 e.